The van der Waals surface area contributed by atoms with Crippen LogP contribution in [0.25, 0.3) is 15.7 Å². The van der Waals surface area contributed by atoms with E-state index in [-0.39, 0.29) is 21.1 Å². The van der Waals surface area contributed by atoms with Gasteiger partial charge in [-0.2, -0.15) is 0 Å². The molecule has 3 aromatic carbocycles. The Morgan fingerprint density at radius 3 is 2.22 bits per heavy atom. The van der Waals surface area contributed by atoms with Crippen LogP contribution in [0.1, 0.15) is 15.9 Å². The van der Waals surface area contributed by atoms with Crippen LogP contribution in [0.2, 0.25) is 0 Å². The summed E-state index contributed by atoms with van der Waals surface area (Å²) >= 11 is 0. The Balaban J connectivity index is 2.09. The van der Waals surface area contributed by atoms with Crippen LogP contribution >= 0.6 is 0 Å². The molecule has 1 aliphatic heterocycles. The molecule has 4 rings (SSSR count). The van der Waals surface area contributed by atoms with E-state index in [4.69, 9.17) is 0 Å². The number of carbonyl (C=O) groups excluding carboxylic acids is 1. The summed E-state index contributed by atoms with van der Waals surface area (Å²) in [4.78, 5) is 12.6. The molecule has 0 spiro atoms. The average molecular weight is 320 g/mol. The number of hydrogen-bond acceptors (Lipinski definition) is 3. The second-order valence-corrected chi connectivity index (χ2v) is 7.26. The van der Waals surface area contributed by atoms with Gasteiger partial charge in [0, 0.05) is 17.0 Å². The first kappa shape index (κ1) is 13.9. The number of hydrogen-bond donors (Lipinski definition) is 0. The number of allylic oxidation sites excluding steroid dienone is 1. The highest BCUT2D eigenvalue weighted by molar-refractivity contribution is 8.01. The zero-order chi connectivity index (χ0) is 16.0. The predicted octanol–water partition coefficient (Wildman–Crippen LogP) is 3.85. The molecule has 23 heavy (non-hydrogen) atoms. The molecule has 1 aliphatic rings. The fraction of sp³-hybridized carbons (Fsp3) is 0. The van der Waals surface area contributed by atoms with Crippen LogP contribution < -0.4 is 0 Å². The monoisotopic (exact) mass is 320 g/mol. The fourth-order valence-corrected chi connectivity index (χ4v) is 4.81. The second-order valence-electron chi connectivity index (χ2n) is 5.41. The number of ketones is 1. The van der Waals surface area contributed by atoms with E-state index in [0.717, 1.165) is 5.39 Å². The molecule has 0 atom stereocenters. The van der Waals surface area contributed by atoms with Crippen molar-refractivity contribution in [1.29, 1.82) is 0 Å². The van der Waals surface area contributed by atoms with Crippen LogP contribution in [0.3, 0.4) is 0 Å². The van der Waals surface area contributed by atoms with Crippen LogP contribution in [0.15, 0.2) is 77.7 Å². The normalized spacial score (nSPS) is 16.0. The molecule has 0 amide bonds. The van der Waals surface area contributed by atoms with Gasteiger partial charge in [-0.25, -0.2) is 8.42 Å². The molecule has 3 aromatic rings. The second kappa shape index (κ2) is 4.89. The quantitative estimate of drug-likeness (QED) is 0.684. The van der Waals surface area contributed by atoms with E-state index >= 15 is 0 Å². The lowest BCUT2D eigenvalue weighted by molar-refractivity contribution is 0.104. The van der Waals surface area contributed by atoms with Crippen molar-refractivity contribution in [2.75, 3.05) is 0 Å². The molecular weight excluding hydrogens is 308 g/mol. The van der Waals surface area contributed by atoms with E-state index in [1.54, 1.807) is 48.5 Å². The summed E-state index contributed by atoms with van der Waals surface area (Å²) in [5.41, 5.74) is 0.766. The van der Waals surface area contributed by atoms with Gasteiger partial charge in [-0.05, 0) is 17.0 Å². The first-order valence-electron chi connectivity index (χ1n) is 7.17. The third-order valence-electron chi connectivity index (χ3n) is 4.02. The summed E-state index contributed by atoms with van der Waals surface area (Å²) in [7, 11) is -3.76. The molecule has 0 radical (unpaired) electrons. The van der Waals surface area contributed by atoms with Crippen molar-refractivity contribution in [1.82, 2.24) is 0 Å². The number of sulfone groups is 1. The van der Waals surface area contributed by atoms with Crippen LogP contribution in [-0.4, -0.2) is 14.2 Å². The molecule has 4 heteroatoms. The average Bonchev–Trinajstić information content (AvgIpc) is 2.58. The van der Waals surface area contributed by atoms with Gasteiger partial charge in [-0.1, -0.05) is 60.7 Å². The molecule has 1 heterocycles. The summed E-state index contributed by atoms with van der Waals surface area (Å²) in [5, 5.41) is 1.39. The minimum absolute atomic E-state index is 0.0620. The highest BCUT2D eigenvalue weighted by Gasteiger charge is 2.33. The Morgan fingerprint density at radius 1 is 0.739 bits per heavy atom. The SMILES string of the molecule is O=C1C=C(c2ccccc2)S(=O)(=O)c2c1ccc1ccccc21. The van der Waals surface area contributed by atoms with Gasteiger partial charge in [0.1, 0.15) is 0 Å². The molecule has 0 fully saturated rings. The zero-order valence-electron chi connectivity index (χ0n) is 12.1. The molecule has 0 aliphatic carbocycles. The minimum atomic E-state index is -3.76. The van der Waals surface area contributed by atoms with E-state index in [1.807, 2.05) is 18.2 Å². The summed E-state index contributed by atoms with van der Waals surface area (Å²) in [5.74, 6) is -0.278. The number of benzene rings is 3. The first-order chi connectivity index (χ1) is 11.1. The van der Waals surface area contributed by atoms with Gasteiger partial charge < -0.3 is 0 Å². The Labute approximate surface area is 133 Å². The molecule has 0 N–H and O–H groups in total. The third kappa shape index (κ3) is 2.03. The Bertz CT molecular complexity index is 1080. The van der Waals surface area contributed by atoms with Gasteiger partial charge in [0.15, 0.2) is 5.78 Å². The highest BCUT2D eigenvalue weighted by Crippen LogP contribution is 2.38. The van der Waals surface area contributed by atoms with Gasteiger partial charge in [-0.3, -0.25) is 4.79 Å². The van der Waals surface area contributed by atoms with E-state index in [0.29, 0.717) is 10.9 Å². The lowest BCUT2D eigenvalue weighted by Crippen LogP contribution is -2.17. The summed E-state index contributed by atoms with van der Waals surface area (Å²) in [6.45, 7) is 0. The number of carbonyl (C=O) groups is 1. The first-order valence-corrected chi connectivity index (χ1v) is 8.65. The van der Waals surface area contributed by atoms with E-state index < -0.39 is 9.84 Å². The maximum atomic E-state index is 13.1. The summed E-state index contributed by atoms with van der Waals surface area (Å²) in [6, 6.07) is 19.3. The lowest BCUT2D eigenvalue weighted by Gasteiger charge is -2.19. The van der Waals surface area contributed by atoms with E-state index in [1.165, 1.54) is 6.08 Å². The lowest BCUT2D eigenvalue weighted by atomic mass is 10.0. The van der Waals surface area contributed by atoms with Crippen molar-refractivity contribution in [3.8, 4) is 0 Å². The van der Waals surface area contributed by atoms with E-state index in [2.05, 4.69) is 0 Å². The highest BCUT2D eigenvalue weighted by atomic mass is 32.2. The van der Waals surface area contributed by atoms with Gasteiger partial charge in [0.2, 0.25) is 9.84 Å². The molecule has 3 nitrogen and oxygen atoms in total. The van der Waals surface area contributed by atoms with Crippen molar-refractivity contribution in [3.05, 3.63) is 83.9 Å². The molecule has 0 bridgehead atoms. The molecule has 0 aromatic heterocycles. The van der Waals surface area contributed by atoms with Gasteiger partial charge in [0.05, 0.1) is 9.80 Å². The van der Waals surface area contributed by atoms with Crippen molar-refractivity contribution < 1.29 is 13.2 Å². The molecular formula is C19H12O3S. The zero-order valence-corrected chi connectivity index (χ0v) is 12.9. The Morgan fingerprint density at radius 2 is 1.43 bits per heavy atom. The van der Waals surface area contributed by atoms with Gasteiger partial charge in [-0.15, -0.1) is 0 Å². The summed E-state index contributed by atoms with van der Waals surface area (Å²) < 4.78 is 26.3. The Kier molecular flexibility index (Phi) is 2.96. The van der Waals surface area contributed by atoms with Gasteiger partial charge >= 0.3 is 0 Å². The fourth-order valence-electron chi connectivity index (χ4n) is 2.95. The molecule has 112 valence electrons. The van der Waals surface area contributed by atoms with Crippen LogP contribution in [-0.2, 0) is 9.84 Å². The summed E-state index contributed by atoms with van der Waals surface area (Å²) in [6.07, 6.45) is 1.22. The van der Waals surface area contributed by atoms with Crippen molar-refractivity contribution in [2.24, 2.45) is 0 Å². The predicted molar refractivity (Wildman–Crippen MR) is 89.9 cm³/mol. The van der Waals surface area contributed by atoms with Crippen LogP contribution in [0.4, 0.5) is 0 Å². The number of fused-ring (bicyclic) bond motifs is 3. The molecule has 0 saturated carbocycles. The maximum absolute atomic E-state index is 13.1. The van der Waals surface area contributed by atoms with Crippen molar-refractivity contribution in [3.63, 3.8) is 0 Å². The number of rotatable bonds is 1. The largest absolute Gasteiger partial charge is 0.289 e. The maximum Gasteiger partial charge on any atom is 0.208 e. The smallest absolute Gasteiger partial charge is 0.208 e. The van der Waals surface area contributed by atoms with E-state index in [9.17, 15) is 13.2 Å². The molecule has 0 unspecified atom stereocenters. The standard InChI is InChI=1S/C19H12O3S/c20-17-12-18(14-7-2-1-3-8-14)23(21,22)19-15-9-5-4-6-13(15)10-11-16(17)19/h1-12H. The van der Waals surface area contributed by atoms with Crippen molar-refractivity contribution in [2.45, 2.75) is 4.90 Å². The minimum Gasteiger partial charge on any atom is -0.289 e. The molecule has 0 saturated heterocycles. The Hall–Kier alpha value is -2.72. The topological polar surface area (TPSA) is 51.2 Å². The van der Waals surface area contributed by atoms with Crippen LogP contribution in [0, 0.1) is 0 Å². The van der Waals surface area contributed by atoms with Crippen LogP contribution in [0.5, 0.6) is 0 Å². The van der Waals surface area contributed by atoms with Crippen molar-refractivity contribution >= 4 is 31.3 Å². The third-order valence-corrected chi connectivity index (χ3v) is 5.93. The van der Waals surface area contributed by atoms with Gasteiger partial charge in [0.25, 0.3) is 0 Å².